The number of nitrogens with one attached hydrogen (secondary N) is 1. The summed E-state index contributed by atoms with van der Waals surface area (Å²) >= 11 is 0. The summed E-state index contributed by atoms with van der Waals surface area (Å²) in [5.74, 6) is 0. The summed E-state index contributed by atoms with van der Waals surface area (Å²) in [4.78, 5) is 2.20. The third kappa shape index (κ3) is 5.61. The lowest BCUT2D eigenvalue weighted by Crippen LogP contribution is -2.43. The van der Waals surface area contributed by atoms with Crippen LogP contribution in [-0.2, 0) is 4.74 Å². The summed E-state index contributed by atoms with van der Waals surface area (Å²) in [5, 5.41) is 3.46. The number of likely N-dealkylation sites (N-methyl/N-ethyl adjacent to an activating group) is 1. The number of benzene rings is 1. The van der Waals surface area contributed by atoms with Crippen LogP contribution in [0.15, 0.2) is 30.3 Å². The second-order valence-electron chi connectivity index (χ2n) is 6.12. The van der Waals surface area contributed by atoms with Crippen LogP contribution in [0.5, 0.6) is 0 Å². The summed E-state index contributed by atoms with van der Waals surface area (Å²) in [6.45, 7) is 9.20. The molecule has 0 aromatic heterocycles. The molecule has 1 aromatic rings. The van der Waals surface area contributed by atoms with Crippen molar-refractivity contribution < 1.29 is 4.74 Å². The first kappa shape index (κ1) is 17.2. The summed E-state index contributed by atoms with van der Waals surface area (Å²) in [5.41, 5.74) is 1.28. The Kier molecular flexibility index (Phi) is 7.20. The van der Waals surface area contributed by atoms with Gasteiger partial charge >= 0.3 is 0 Å². The van der Waals surface area contributed by atoms with Crippen molar-refractivity contribution in [3.8, 4) is 0 Å². The van der Waals surface area contributed by atoms with Gasteiger partial charge < -0.3 is 15.0 Å². The van der Waals surface area contributed by atoms with Crippen LogP contribution in [0.2, 0.25) is 0 Å². The van der Waals surface area contributed by atoms with Gasteiger partial charge in [-0.2, -0.15) is 0 Å². The largest absolute Gasteiger partial charge is 0.370 e. The molecule has 114 valence electrons. The third-order valence-corrected chi connectivity index (χ3v) is 3.78. The molecule has 0 saturated carbocycles. The van der Waals surface area contributed by atoms with Gasteiger partial charge in [0.05, 0.1) is 12.7 Å². The Bertz CT molecular complexity index is 363. The third-order valence-electron chi connectivity index (χ3n) is 3.78. The van der Waals surface area contributed by atoms with Gasteiger partial charge in [0, 0.05) is 12.1 Å². The standard InChI is InChI=1S/C17H30N2O/c1-6-12-18-13-16(15-10-8-7-9-11-15)20-14-17(2,3)19(4)5/h7-11,16,18H,6,12-14H2,1-5H3. The first-order valence-corrected chi connectivity index (χ1v) is 7.52. The number of rotatable bonds is 9. The lowest BCUT2D eigenvalue weighted by Gasteiger charge is -2.34. The maximum absolute atomic E-state index is 6.20. The molecule has 0 heterocycles. The average Bonchev–Trinajstić information content (AvgIpc) is 2.43. The smallest absolute Gasteiger partial charge is 0.0950 e. The van der Waals surface area contributed by atoms with E-state index in [0.717, 1.165) is 19.5 Å². The van der Waals surface area contributed by atoms with Crippen LogP contribution in [-0.4, -0.2) is 44.2 Å². The maximum Gasteiger partial charge on any atom is 0.0950 e. The van der Waals surface area contributed by atoms with Crippen molar-refractivity contribution in [1.82, 2.24) is 10.2 Å². The van der Waals surface area contributed by atoms with Crippen molar-refractivity contribution in [2.24, 2.45) is 0 Å². The molecule has 3 nitrogen and oxygen atoms in total. The highest BCUT2D eigenvalue weighted by molar-refractivity contribution is 5.18. The predicted octanol–water partition coefficient (Wildman–Crippen LogP) is 3.08. The number of hydrogen-bond acceptors (Lipinski definition) is 3. The summed E-state index contributed by atoms with van der Waals surface area (Å²) in [7, 11) is 4.19. The van der Waals surface area contributed by atoms with Crippen LogP contribution in [0.25, 0.3) is 0 Å². The Labute approximate surface area is 124 Å². The molecule has 1 atom stereocenters. The van der Waals surface area contributed by atoms with Gasteiger partial charge in [-0.3, -0.25) is 0 Å². The SMILES string of the molecule is CCCNCC(OCC(C)(C)N(C)C)c1ccccc1. The lowest BCUT2D eigenvalue weighted by molar-refractivity contribution is -0.0122. The van der Waals surface area contributed by atoms with E-state index in [4.69, 9.17) is 4.74 Å². The molecular weight excluding hydrogens is 248 g/mol. The molecule has 0 spiro atoms. The van der Waals surface area contributed by atoms with E-state index in [1.165, 1.54) is 5.56 Å². The van der Waals surface area contributed by atoms with Crippen molar-refractivity contribution in [3.63, 3.8) is 0 Å². The summed E-state index contributed by atoms with van der Waals surface area (Å²) in [6, 6.07) is 10.5. The van der Waals surface area contributed by atoms with E-state index in [1.807, 2.05) is 6.07 Å². The minimum absolute atomic E-state index is 0.0395. The van der Waals surface area contributed by atoms with Crippen LogP contribution < -0.4 is 5.32 Å². The van der Waals surface area contributed by atoms with Gasteiger partial charge in [-0.25, -0.2) is 0 Å². The van der Waals surface area contributed by atoms with Crippen molar-refractivity contribution >= 4 is 0 Å². The number of ether oxygens (including phenoxy) is 1. The normalized spacial score (nSPS) is 13.7. The zero-order valence-electron chi connectivity index (χ0n) is 13.6. The van der Waals surface area contributed by atoms with Crippen molar-refractivity contribution in [2.45, 2.75) is 38.8 Å². The minimum Gasteiger partial charge on any atom is -0.370 e. The van der Waals surface area contributed by atoms with Gasteiger partial charge in [0.25, 0.3) is 0 Å². The molecule has 3 heteroatoms. The van der Waals surface area contributed by atoms with Crippen LogP contribution >= 0.6 is 0 Å². The quantitative estimate of drug-likeness (QED) is 0.703. The maximum atomic E-state index is 6.20. The van der Waals surface area contributed by atoms with E-state index in [-0.39, 0.29) is 11.6 Å². The van der Waals surface area contributed by atoms with E-state index in [2.05, 4.69) is 69.3 Å². The Balaban J connectivity index is 2.64. The Morgan fingerprint density at radius 2 is 1.85 bits per heavy atom. The molecule has 0 saturated heterocycles. The van der Waals surface area contributed by atoms with Crippen molar-refractivity contribution in [1.29, 1.82) is 0 Å². The molecule has 20 heavy (non-hydrogen) atoms. The predicted molar refractivity (Wildman–Crippen MR) is 86.1 cm³/mol. The zero-order valence-corrected chi connectivity index (χ0v) is 13.6. The molecule has 1 N–H and O–H groups in total. The van der Waals surface area contributed by atoms with Gasteiger partial charge in [0.2, 0.25) is 0 Å². The van der Waals surface area contributed by atoms with Gasteiger partial charge in [0.1, 0.15) is 0 Å². The van der Waals surface area contributed by atoms with Crippen molar-refractivity contribution in [3.05, 3.63) is 35.9 Å². The molecule has 1 unspecified atom stereocenters. The molecule has 0 aliphatic carbocycles. The molecule has 1 aromatic carbocycles. The van der Waals surface area contributed by atoms with Gasteiger partial charge in [-0.05, 0) is 46.5 Å². The molecule has 0 radical (unpaired) electrons. The fraction of sp³-hybridized carbons (Fsp3) is 0.647. The fourth-order valence-electron chi connectivity index (χ4n) is 1.78. The van der Waals surface area contributed by atoms with Gasteiger partial charge in [0.15, 0.2) is 0 Å². The fourth-order valence-corrected chi connectivity index (χ4v) is 1.78. The molecule has 0 amide bonds. The first-order valence-electron chi connectivity index (χ1n) is 7.52. The van der Waals surface area contributed by atoms with E-state index in [1.54, 1.807) is 0 Å². The summed E-state index contributed by atoms with van der Waals surface area (Å²) in [6.07, 6.45) is 1.26. The van der Waals surface area contributed by atoms with E-state index >= 15 is 0 Å². The molecule has 0 bridgehead atoms. The van der Waals surface area contributed by atoms with E-state index in [0.29, 0.717) is 6.61 Å². The average molecular weight is 278 g/mol. The second-order valence-corrected chi connectivity index (χ2v) is 6.12. The minimum atomic E-state index is 0.0395. The van der Waals surface area contributed by atoms with Crippen LogP contribution in [0.3, 0.4) is 0 Å². The number of nitrogens with zero attached hydrogens (tertiary/aromatic N) is 1. The zero-order chi connectivity index (χ0) is 15.0. The highest BCUT2D eigenvalue weighted by atomic mass is 16.5. The van der Waals surface area contributed by atoms with Gasteiger partial charge in [-0.15, -0.1) is 0 Å². The second kappa shape index (κ2) is 8.40. The number of hydrogen-bond donors (Lipinski definition) is 1. The Morgan fingerprint density at radius 3 is 2.40 bits per heavy atom. The van der Waals surface area contributed by atoms with E-state index < -0.39 is 0 Å². The van der Waals surface area contributed by atoms with Crippen molar-refractivity contribution in [2.75, 3.05) is 33.8 Å². The Hall–Kier alpha value is -0.900. The van der Waals surface area contributed by atoms with Crippen LogP contribution in [0.1, 0.15) is 38.9 Å². The summed E-state index contributed by atoms with van der Waals surface area (Å²) < 4.78 is 6.20. The van der Waals surface area contributed by atoms with E-state index in [9.17, 15) is 0 Å². The molecular formula is C17H30N2O. The monoisotopic (exact) mass is 278 g/mol. The van der Waals surface area contributed by atoms with Crippen LogP contribution in [0, 0.1) is 0 Å². The highest BCUT2D eigenvalue weighted by Crippen LogP contribution is 2.20. The Morgan fingerprint density at radius 1 is 1.20 bits per heavy atom. The first-order chi connectivity index (χ1) is 9.47. The molecule has 0 fully saturated rings. The lowest BCUT2D eigenvalue weighted by atomic mass is 10.1. The highest BCUT2D eigenvalue weighted by Gasteiger charge is 2.23. The van der Waals surface area contributed by atoms with Gasteiger partial charge in [-0.1, -0.05) is 37.3 Å². The molecule has 0 aliphatic heterocycles. The topological polar surface area (TPSA) is 24.5 Å². The molecule has 0 aliphatic rings. The molecule has 1 rings (SSSR count). The van der Waals surface area contributed by atoms with Crippen LogP contribution in [0.4, 0.5) is 0 Å².